The van der Waals surface area contributed by atoms with Crippen LogP contribution in [0.2, 0.25) is 0 Å². The van der Waals surface area contributed by atoms with Gasteiger partial charge >= 0.3 is 0 Å². The molecule has 0 saturated carbocycles. The molecule has 3 N–H and O–H groups in total. The van der Waals surface area contributed by atoms with Crippen molar-refractivity contribution in [2.24, 2.45) is 5.73 Å². The van der Waals surface area contributed by atoms with E-state index < -0.39 is 0 Å². The highest BCUT2D eigenvalue weighted by Gasteiger charge is 2.20. The lowest BCUT2D eigenvalue weighted by Gasteiger charge is -2.18. The number of hydrogen-bond donors (Lipinski definition) is 2. The van der Waals surface area contributed by atoms with Crippen molar-refractivity contribution in [2.45, 2.75) is 6.29 Å². The number of rotatable bonds is 2. The Hall–Kier alpha value is -1.22. The van der Waals surface area contributed by atoms with E-state index in [0.717, 1.165) is 11.4 Å². The van der Waals surface area contributed by atoms with Gasteiger partial charge in [-0.3, -0.25) is 5.73 Å². The van der Waals surface area contributed by atoms with E-state index in [-0.39, 0.29) is 6.29 Å². The molecule has 1 unspecified atom stereocenters. The Bertz CT molecular complexity index is 217. The fourth-order valence-electron chi connectivity index (χ4n) is 1.09. The number of nitrogens with two attached hydrogens (primary N) is 1. The molecule has 0 aromatic heterocycles. The molecule has 0 aliphatic carbocycles. The molecular weight excluding hydrogens is 138 g/mol. The van der Waals surface area contributed by atoms with Crippen molar-refractivity contribution in [2.75, 3.05) is 7.05 Å². The molecule has 11 heavy (non-hydrogen) atoms. The van der Waals surface area contributed by atoms with E-state index >= 15 is 0 Å². The van der Waals surface area contributed by atoms with Gasteiger partial charge in [0.05, 0.1) is 11.4 Å². The van der Waals surface area contributed by atoms with Gasteiger partial charge in [0.15, 0.2) is 6.29 Å². The Labute approximate surface area is 66.9 Å². The predicted molar refractivity (Wildman–Crippen MR) is 46.3 cm³/mol. The molecular formula is C8H13N3. The van der Waals surface area contributed by atoms with Crippen LogP contribution < -0.4 is 11.1 Å². The second-order valence-corrected chi connectivity index (χ2v) is 2.41. The molecule has 1 heterocycles. The summed E-state index contributed by atoms with van der Waals surface area (Å²) in [6.07, 6.45) is 3.34. The van der Waals surface area contributed by atoms with Gasteiger partial charge in [0, 0.05) is 7.05 Å². The molecule has 0 amide bonds. The molecule has 3 nitrogen and oxygen atoms in total. The zero-order valence-electron chi connectivity index (χ0n) is 6.67. The van der Waals surface area contributed by atoms with Crippen molar-refractivity contribution in [3.63, 3.8) is 0 Å². The SMILES string of the molecule is C=CC1=C(C=C)N(C)C(N)N1. The van der Waals surface area contributed by atoms with Crippen molar-refractivity contribution < 1.29 is 0 Å². The number of hydrogen-bond acceptors (Lipinski definition) is 3. The fraction of sp³-hybridized carbons (Fsp3) is 0.250. The van der Waals surface area contributed by atoms with E-state index in [1.54, 1.807) is 12.2 Å². The van der Waals surface area contributed by atoms with Gasteiger partial charge in [0.1, 0.15) is 0 Å². The molecule has 1 aliphatic heterocycles. The number of nitrogens with zero attached hydrogens (tertiary/aromatic N) is 1. The van der Waals surface area contributed by atoms with E-state index in [4.69, 9.17) is 5.73 Å². The van der Waals surface area contributed by atoms with Gasteiger partial charge in [-0.15, -0.1) is 0 Å². The van der Waals surface area contributed by atoms with Crippen LogP contribution >= 0.6 is 0 Å². The molecule has 1 rings (SSSR count). The quantitative estimate of drug-likeness (QED) is 0.598. The largest absolute Gasteiger partial charge is 0.351 e. The molecule has 0 saturated heterocycles. The van der Waals surface area contributed by atoms with Gasteiger partial charge in [0.2, 0.25) is 0 Å². The minimum absolute atomic E-state index is 0.156. The monoisotopic (exact) mass is 151 g/mol. The zero-order chi connectivity index (χ0) is 8.43. The summed E-state index contributed by atoms with van der Waals surface area (Å²) in [7, 11) is 1.91. The molecule has 60 valence electrons. The Morgan fingerprint density at radius 2 is 2.18 bits per heavy atom. The van der Waals surface area contributed by atoms with Crippen LogP contribution in [-0.2, 0) is 0 Å². The van der Waals surface area contributed by atoms with Crippen molar-refractivity contribution in [3.05, 3.63) is 36.7 Å². The number of allylic oxidation sites excluding steroid dienone is 2. The summed E-state index contributed by atoms with van der Waals surface area (Å²) in [4.78, 5) is 1.91. The Morgan fingerprint density at radius 3 is 2.55 bits per heavy atom. The molecule has 3 heteroatoms. The summed E-state index contributed by atoms with van der Waals surface area (Å²) in [5.41, 5.74) is 7.62. The Morgan fingerprint density at radius 1 is 1.55 bits per heavy atom. The summed E-state index contributed by atoms with van der Waals surface area (Å²) in [6, 6.07) is 0. The van der Waals surface area contributed by atoms with Crippen LogP contribution in [0.4, 0.5) is 0 Å². The lowest BCUT2D eigenvalue weighted by molar-refractivity contribution is 0.325. The topological polar surface area (TPSA) is 41.3 Å². The van der Waals surface area contributed by atoms with E-state index in [1.807, 2.05) is 11.9 Å². The van der Waals surface area contributed by atoms with Crippen LogP contribution in [0.5, 0.6) is 0 Å². The van der Waals surface area contributed by atoms with Crippen LogP contribution in [-0.4, -0.2) is 18.2 Å². The van der Waals surface area contributed by atoms with Crippen LogP contribution in [0.1, 0.15) is 0 Å². The fourth-order valence-corrected chi connectivity index (χ4v) is 1.09. The third-order valence-corrected chi connectivity index (χ3v) is 1.77. The molecule has 0 aromatic carbocycles. The van der Waals surface area contributed by atoms with E-state index in [9.17, 15) is 0 Å². The van der Waals surface area contributed by atoms with Crippen LogP contribution in [0.15, 0.2) is 36.7 Å². The standard InChI is InChI=1S/C8H13N3/c1-4-6-7(5-2)11(3)8(9)10-6/h4-5,8,10H,1-2,9H2,3H3. The highest BCUT2D eigenvalue weighted by atomic mass is 15.4. The van der Waals surface area contributed by atoms with Crippen molar-refractivity contribution in [1.29, 1.82) is 0 Å². The normalized spacial score (nSPS) is 23.5. The highest BCUT2D eigenvalue weighted by molar-refractivity contribution is 5.33. The van der Waals surface area contributed by atoms with Gasteiger partial charge in [-0.2, -0.15) is 0 Å². The lowest BCUT2D eigenvalue weighted by Crippen LogP contribution is -2.42. The molecule has 1 atom stereocenters. The van der Waals surface area contributed by atoms with Crippen molar-refractivity contribution in [3.8, 4) is 0 Å². The zero-order valence-corrected chi connectivity index (χ0v) is 6.67. The first-order valence-electron chi connectivity index (χ1n) is 3.44. The van der Waals surface area contributed by atoms with E-state index in [0.29, 0.717) is 0 Å². The van der Waals surface area contributed by atoms with Crippen LogP contribution in [0.25, 0.3) is 0 Å². The van der Waals surface area contributed by atoms with Crippen LogP contribution in [0, 0.1) is 0 Å². The summed E-state index contributed by atoms with van der Waals surface area (Å²) in [5, 5.41) is 3.05. The minimum Gasteiger partial charge on any atom is -0.351 e. The van der Waals surface area contributed by atoms with Crippen LogP contribution in [0.3, 0.4) is 0 Å². The summed E-state index contributed by atoms with van der Waals surface area (Å²) >= 11 is 0. The van der Waals surface area contributed by atoms with Gasteiger partial charge in [0.25, 0.3) is 0 Å². The summed E-state index contributed by atoms with van der Waals surface area (Å²) < 4.78 is 0. The van der Waals surface area contributed by atoms with Crippen molar-refractivity contribution in [1.82, 2.24) is 10.2 Å². The molecule has 0 bridgehead atoms. The molecule has 0 aromatic rings. The molecule has 0 radical (unpaired) electrons. The molecule has 1 aliphatic rings. The van der Waals surface area contributed by atoms with Crippen molar-refractivity contribution >= 4 is 0 Å². The summed E-state index contributed by atoms with van der Waals surface area (Å²) in [5.74, 6) is 0. The second-order valence-electron chi connectivity index (χ2n) is 2.41. The molecule has 0 fully saturated rings. The maximum atomic E-state index is 5.69. The lowest BCUT2D eigenvalue weighted by atomic mass is 10.3. The van der Waals surface area contributed by atoms with E-state index in [1.165, 1.54) is 0 Å². The van der Waals surface area contributed by atoms with Gasteiger partial charge in [-0.25, -0.2) is 0 Å². The average molecular weight is 151 g/mol. The summed E-state index contributed by atoms with van der Waals surface area (Å²) in [6.45, 7) is 7.34. The third kappa shape index (κ3) is 1.14. The number of nitrogens with one attached hydrogen (secondary N) is 1. The minimum atomic E-state index is -0.156. The first-order valence-corrected chi connectivity index (χ1v) is 3.44. The Kier molecular flexibility index (Phi) is 2.01. The second kappa shape index (κ2) is 2.80. The first kappa shape index (κ1) is 7.88. The van der Waals surface area contributed by atoms with Gasteiger partial charge in [-0.1, -0.05) is 13.2 Å². The third-order valence-electron chi connectivity index (χ3n) is 1.77. The number of likely N-dealkylation sites (N-methyl/N-ethyl adjacent to an activating group) is 1. The molecule has 0 spiro atoms. The maximum absolute atomic E-state index is 5.69. The Balaban J connectivity index is 2.94. The van der Waals surface area contributed by atoms with Gasteiger partial charge in [-0.05, 0) is 12.2 Å². The van der Waals surface area contributed by atoms with E-state index in [2.05, 4.69) is 18.5 Å². The predicted octanol–water partition coefficient (Wildman–Crippen LogP) is 0.347. The van der Waals surface area contributed by atoms with Gasteiger partial charge < -0.3 is 10.2 Å². The first-order chi connectivity index (χ1) is 5.20. The smallest absolute Gasteiger partial charge is 0.152 e. The highest BCUT2D eigenvalue weighted by Crippen LogP contribution is 2.16. The maximum Gasteiger partial charge on any atom is 0.152 e. The average Bonchev–Trinajstić information content (AvgIpc) is 2.28.